The molecule has 0 unspecified atom stereocenters. The number of rotatable bonds is 3. The van der Waals surface area contributed by atoms with Crippen LogP contribution >= 0.6 is 39.1 Å². The van der Waals surface area contributed by atoms with Crippen LogP contribution in [-0.2, 0) is 10.0 Å². The van der Waals surface area contributed by atoms with Crippen molar-refractivity contribution in [3.05, 3.63) is 50.4 Å². The Balaban J connectivity index is 2.51. The third-order valence-corrected chi connectivity index (χ3v) is 6.15. The molecule has 0 heterocycles. The Morgan fingerprint density at radius 3 is 2.43 bits per heavy atom. The Hall–Kier alpha value is -0.950. The number of anilines is 2. The summed E-state index contributed by atoms with van der Waals surface area (Å²) in [6, 6.07) is 8.00. The molecular formula is C13H11BrCl2N2O2S. The molecule has 0 bridgehead atoms. The normalized spacial score (nSPS) is 11.4. The van der Waals surface area contributed by atoms with Gasteiger partial charge in [0.15, 0.2) is 0 Å². The molecule has 0 amide bonds. The molecular weight excluding hydrogens is 399 g/mol. The molecule has 2 aromatic rings. The summed E-state index contributed by atoms with van der Waals surface area (Å²) >= 11 is 15.2. The summed E-state index contributed by atoms with van der Waals surface area (Å²) in [6.07, 6.45) is 0. The molecule has 2 aromatic carbocycles. The molecule has 0 spiro atoms. The van der Waals surface area contributed by atoms with E-state index in [-0.39, 0.29) is 26.3 Å². The number of nitrogens with two attached hydrogens (primary N) is 1. The lowest BCUT2D eigenvalue weighted by Crippen LogP contribution is -2.16. The van der Waals surface area contributed by atoms with Crippen molar-refractivity contribution >= 4 is 60.5 Å². The van der Waals surface area contributed by atoms with Crippen molar-refractivity contribution in [1.29, 1.82) is 0 Å². The van der Waals surface area contributed by atoms with Gasteiger partial charge in [0.25, 0.3) is 10.0 Å². The van der Waals surface area contributed by atoms with Gasteiger partial charge in [0.2, 0.25) is 0 Å². The zero-order valence-corrected chi connectivity index (χ0v) is 14.7. The minimum absolute atomic E-state index is 0.0279. The van der Waals surface area contributed by atoms with Gasteiger partial charge in [-0.1, -0.05) is 35.3 Å². The van der Waals surface area contributed by atoms with Crippen molar-refractivity contribution in [3.63, 3.8) is 0 Å². The van der Waals surface area contributed by atoms with Gasteiger partial charge < -0.3 is 5.73 Å². The fourth-order valence-electron chi connectivity index (χ4n) is 1.84. The van der Waals surface area contributed by atoms with Crippen LogP contribution in [0.3, 0.4) is 0 Å². The van der Waals surface area contributed by atoms with Crippen molar-refractivity contribution in [3.8, 4) is 0 Å². The number of nitrogens with one attached hydrogen (secondary N) is 1. The van der Waals surface area contributed by atoms with Gasteiger partial charge in [0.05, 0.1) is 21.4 Å². The van der Waals surface area contributed by atoms with E-state index in [4.69, 9.17) is 28.9 Å². The highest BCUT2D eigenvalue weighted by Gasteiger charge is 2.22. The maximum atomic E-state index is 12.5. The van der Waals surface area contributed by atoms with E-state index in [1.54, 1.807) is 25.1 Å². The van der Waals surface area contributed by atoms with Gasteiger partial charge in [-0.2, -0.15) is 0 Å². The second-order valence-corrected chi connectivity index (χ2v) is 7.55. The third-order valence-electron chi connectivity index (χ3n) is 2.79. The van der Waals surface area contributed by atoms with E-state index in [0.717, 1.165) is 0 Å². The first-order valence-corrected chi connectivity index (χ1v) is 8.78. The topological polar surface area (TPSA) is 72.2 Å². The second kappa shape index (κ2) is 6.04. The molecule has 8 heteroatoms. The van der Waals surface area contributed by atoms with Gasteiger partial charge in [-0.15, -0.1) is 0 Å². The standard InChI is InChI=1S/C13H11BrCl2N2O2S/c1-7-3-2-4-9(17)13(7)21(19,20)18-10-6-5-8(14)11(15)12(10)16/h2-6,18H,17H2,1H3. The van der Waals surface area contributed by atoms with Gasteiger partial charge >= 0.3 is 0 Å². The first kappa shape index (κ1) is 16.4. The van der Waals surface area contributed by atoms with Crippen LogP contribution in [0, 0.1) is 6.92 Å². The number of sulfonamides is 1. The van der Waals surface area contributed by atoms with Crippen molar-refractivity contribution in [2.24, 2.45) is 0 Å². The van der Waals surface area contributed by atoms with Gasteiger partial charge in [0.1, 0.15) is 4.90 Å². The molecule has 0 aliphatic rings. The van der Waals surface area contributed by atoms with E-state index in [0.29, 0.717) is 10.0 Å². The highest BCUT2D eigenvalue weighted by molar-refractivity contribution is 9.10. The monoisotopic (exact) mass is 408 g/mol. The van der Waals surface area contributed by atoms with E-state index in [2.05, 4.69) is 20.7 Å². The largest absolute Gasteiger partial charge is 0.398 e. The van der Waals surface area contributed by atoms with Crippen molar-refractivity contribution in [2.75, 3.05) is 10.5 Å². The van der Waals surface area contributed by atoms with Crippen LogP contribution in [0.4, 0.5) is 11.4 Å². The Morgan fingerprint density at radius 1 is 1.14 bits per heavy atom. The number of benzene rings is 2. The molecule has 0 aliphatic carbocycles. The molecule has 0 saturated carbocycles. The Morgan fingerprint density at radius 2 is 1.81 bits per heavy atom. The summed E-state index contributed by atoms with van der Waals surface area (Å²) in [7, 11) is -3.86. The van der Waals surface area contributed by atoms with E-state index < -0.39 is 10.0 Å². The van der Waals surface area contributed by atoms with Gasteiger partial charge in [-0.3, -0.25) is 4.72 Å². The molecule has 0 saturated heterocycles. The minimum Gasteiger partial charge on any atom is -0.398 e. The first-order chi connectivity index (χ1) is 9.74. The lowest BCUT2D eigenvalue weighted by atomic mass is 10.2. The fraction of sp³-hybridized carbons (Fsp3) is 0.0769. The molecule has 0 atom stereocenters. The van der Waals surface area contributed by atoms with Gasteiger partial charge in [-0.05, 0) is 46.6 Å². The number of aryl methyl sites for hydroxylation is 1. The van der Waals surface area contributed by atoms with Crippen LogP contribution in [0.1, 0.15) is 5.56 Å². The lowest BCUT2D eigenvalue weighted by molar-refractivity contribution is 0.601. The Bertz CT molecular complexity index is 790. The summed E-state index contributed by atoms with van der Waals surface area (Å²) in [4.78, 5) is 0.0279. The quantitative estimate of drug-likeness (QED) is 0.581. The maximum absolute atomic E-state index is 12.5. The minimum atomic E-state index is -3.86. The van der Waals surface area contributed by atoms with Crippen LogP contribution in [0.15, 0.2) is 39.7 Å². The summed E-state index contributed by atoms with van der Waals surface area (Å²) in [5.74, 6) is 0. The zero-order valence-electron chi connectivity index (χ0n) is 10.8. The van der Waals surface area contributed by atoms with Crippen LogP contribution in [-0.4, -0.2) is 8.42 Å². The number of hydrogen-bond acceptors (Lipinski definition) is 3. The molecule has 0 fully saturated rings. The molecule has 21 heavy (non-hydrogen) atoms. The van der Waals surface area contributed by atoms with Crippen LogP contribution < -0.4 is 10.5 Å². The summed E-state index contributed by atoms with van der Waals surface area (Å²) in [6.45, 7) is 1.67. The highest BCUT2D eigenvalue weighted by atomic mass is 79.9. The highest BCUT2D eigenvalue weighted by Crippen LogP contribution is 2.37. The predicted octanol–water partition coefficient (Wildman–Crippen LogP) is 4.45. The average molecular weight is 410 g/mol. The molecule has 3 N–H and O–H groups in total. The summed E-state index contributed by atoms with van der Waals surface area (Å²) in [5, 5.41) is 0.344. The summed E-state index contributed by atoms with van der Waals surface area (Å²) < 4.78 is 28.0. The van der Waals surface area contributed by atoms with Crippen LogP contribution in [0.5, 0.6) is 0 Å². The van der Waals surface area contributed by atoms with Crippen molar-refractivity contribution in [2.45, 2.75) is 11.8 Å². The van der Waals surface area contributed by atoms with Crippen LogP contribution in [0.2, 0.25) is 10.0 Å². The smallest absolute Gasteiger partial charge is 0.264 e. The van der Waals surface area contributed by atoms with E-state index in [1.165, 1.54) is 12.1 Å². The molecule has 0 aliphatic heterocycles. The van der Waals surface area contributed by atoms with Crippen LogP contribution in [0.25, 0.3) is 0 Å². The predicted molar refractivity (Wildman–Crippen MR) is 90.6 cm³/mol. The summed E-state index contributed by atoms with van der Waals surface area (Å²) in [5.41, 5.74) is 6.67. The van der Waals surface area contributed by atoms with E-state index in [9.17, 15) is 8.42 Å². The average Bonchev–Trinajstić information content (AvgIpc) is 2.39. The second-order valence-electron chi connectivity index (χ2n) is 4.32. The number of nitrogen functional groups attached to an aromatic ring is 1. The number of halogens is 3. The SMILES string of the molecule is Cc1cccc(N)c1S(=O)(=O)Nc1ccc(Br)c(Cl)c1Cl. The third kappa shape index (κ3) is 3.29. The van der Waals surface area contributed by atoms with Gasteiger partial charge in [-0.25, -0.2) is 8.42 Å². The van der Waals surface area contributed by atoms with Crippen molar-refractivity contribution in [1.82, 2.24) is 0 Å². The maximum Gasteiger partial charge on any atom is 0.264 e. The van der Waals surface area contributed by atoms with Gasteiger partial charge in [0, 0.05) is 4.47 Å². The Labute approximate surface area is 141 Å². The Kier molecular flexibility index (Phi) is 4.72. The van der Waals surface area contributed by atoms with Crippen molar-refractivity contribution < 1.29 is 8.42 Å². The molecule has 112 valence electrons. The number of hydrogen-bond donors (Lipinski definition) is 2. The molecule has 0 aromatic heterocycles. The first-order valence-electron chi connectivity index (χ1n) is 5.75. The fourth-order valence-corrected chi connectivity index (χ4v) is 4.15. The lowest BCUT2D eigenvalue weighted by Gasteiger charge is -2.14. The van der Waals surface area contributed by atoms with E-state index in [1.807, 2.05) is 0 Å². The van der Waals surface area contributed by atoms with E-state index >= 15 is 0 Å². The molecule has 2 rings (SSSR count). The molecule has 0 radical (unpaired) electrons. The molecule has 4 nitrogen and oxygen atoms in total. The zero-order chi connectivity index (χ0) is 15.8.